The number of methoxy groups -OCH3 is 1. The Morgan fingerprint density at radius 3 is 2.37 bits per heavy atom. The smallest absolute Gasteiger partial charge is 0.276 e. The van der Waals surface area contributed by atoms with Crippen LogP contribution >= 0.6 is 0 Å². The maximum atomic E-state index is 13.0. The van der Waals surface area contributed by atoms with E-state index in [1.165, 1.54) is 6.21 Å². The number of nitrogens with zero attached hydrogens (tertiary/aromatic N) is 1. The number of benzene rings is 3. The molecule has 0 aliphatic carbocycles. The van der Waals surface area contributed by atoms with E-state index in [4.69, 9.17) is 9.47 Å². The average Bonchev–Trinajstić information content (AvgIpc) is 2.73. The van der Waals surface area contributed by atoms with Crippen molar-refractivity contribution in [2.24, 2.45) is 5.10 Å². The molecule has 0 atom stereocenters. The summed E-state index contributed by atoms with van der Waals surface area (Å²) in [6.45, 7) is 2.37. The molecule has 3 rings (SSSR count). The van der Waals surface area contributed by atoms with Crippen molar-refractivity contribution in [3.8, 4) is 11.5 Å². The van der Waals surface area contributed by atoms with Crippen molar-refractivity contribution in [3.05, 3.63) is 89.2 Å². The molecule has 30 heavy (non-hydrogen) atoms. The van der Waals surface area contributed by atoms with Crippen LogP contribution < -0.4 is 14.3 Å². The van der Waals surface area contributed by atoms with Gasteiger partial charge in [-0.25, -0.2) is 9.22 Å². The number of hydrogen-bond acceptors (Lipinski definition) is 5. The van der Waals surface area contributed by atoms with Gasteiger partial charge < -0.3 is 9.47 Å². The van der Waals surface area contributed by atoms with Gasteiger partial charge in [0.1, 0.15) is 12.4 Å². The van der Waals surface area contributed by atoms with Crippen LogP contribution in [0.1, 0.15) is 16.7 Å². The van der Waals surface area contributed by atoms with Crippen molar-refractivity contribution < 1.29 is 22.3 Å². The van der Waals surface area contributed by atoms with E-state index in [0.717, 1.165) is 35.4 Å². The average molecular weight is 428 g/mol. The lowest BCUT2D eigenvalue weighted by Gasteiger charge is -2.11. The fourth-order valence-electron chi connectivity index (χ4n) is 2.57. The summed E-state index contributed by atoms with van der Waals surface area (Å²) in [7, 11) is -2.35. The summed E-state index contributed by atoms with van der Waals surface area (Å²) in [4.78, 5) is 2.02. The molecular weight excluding hydrogens is 407 g/mol. The molecular formula is C22H21FN2O4S. The summed E-state index contributed by atoms with van der Waals surface area (Å²) < 4.78 is 48.5. The third-order valence-corrected chi connectivity index (χ3v) is 5.45. The maximum Gasteiger partial charge on any atom is 0.276 e. The largest absolute Gasteiger partial charge is 0.493 e. The van der Waals surface area contributed by atoms with Crippen molar-refractivity contribution >= 4 is 16.2 Å². The summed E-state index contributed by atoms with van der Waals surface area (Å²) >= 11 is 0. The Labute approximate surface area is 175 Å². The highest BCUT2D eigenvalue weighted by molar-refractivity contribution is 7.89. The number of hydrogen-bond donors (Lipinski definition) is 1. The highest BCUT2D eigenvalue weighted by atomic mass is 32.2. The van der Waals surface area contributed by atoms with Crippen LogP contribution in [0.5, 0.6) is 11.5 Å². The molecule has 3 aromatic rings. The second-order valence-corrected chi connectivity index (χ2v) is 8.15. The lowest BCUT2D eigenvalue weighted by Crippen LogP contribution is -2.18. The summed E-state index contributed by atoms with van der Waals surface area (Å²) in [5, 5.41) is 3.78. The van der Waals surface area contributed by atoms with E-state index in [0.29, 0.717) is 23.7 Å². The first-order valence-electron chi connectivity index (χ1n) is 9.04. The van der Waals surface area contributed by atoms with Gasteiger partial charge in [-0.1, -0.05) is 29.8 Å². The molecule has 0 bridgehead atoms. The van der Waals surface area contributed by atoms with Crippen LogP contribution in [0.15, 0.2) is 76.7 Å². The molecule has 0 amide bonds. The Bertz CT molecular complexity index is 1130. The molecule has 6 nitrogen and oxygen atoms in total. The van der Waals surface area contributed by atoms with Crippen LogP contribution in [0, 0.1) is 12.7 Å². The van der Waals surface area contributed by atoms with Gasteiger partial charge in [0.15, 0.2) is 11.5 Å². The molecule has 0 spiro atoms. The summed E-state index contributed by atoms with van der Waals surface area (Å²) in [6.07, 6.45) is 1.35. The SMILES string of the molecule is COc1ccc(/C=N/NS(=O)(=O)c2ccc(F)cc2)cc1OCc1ccc(C)cc1. The van der Waals surface area contributed by atoms with Gasteiger partial charge in [0.05, 0.1) is 18.2 Å². The minimum Gasteiger partial charge on any atom is -0.493 e. The van der Waals surface area contributed by atoms with E-state index in [1.54, 1.807) is 25.3 Å². The first kappa shape index (κ1) is 21.3. The predicted molar refractivity (Wildman–Crippen MR) is 113 cm³/mol. The molecule has 0 heterocycles. The quantitative estimate of drug-likeness (QED) is 0.434. The monoisotopic (exact) mass is 428 g/mol. The van der Waals surface area contributed by atoms with E-state index < -0.39 is 15.8 Å². The number of sulfonamides is 1. The van der Waals surface area contributed by atoms with Crippen molar-refractivity contribution in [1.82, 2.24) is 4.83 Å². The molecule has 0 saturated carbocycles. The third kappa shape index (κ3) is 5.57. The Morgan fingerprint density at radius 2 is 1.70 bits per heavy atom. The van der Waals surface area contributed by atoms with Crippen LogP contribution in [-0.2, 0) is 16.6 Å². The molecule has 0 saturated heterocycles. The van der Waals surface area contributed by atoms with E-state index in [-0.39, 0.29) is 4.90 Å². The van der Waals surface area contributed by atoms with Crippen molar-refractivity contribution in [3.63, 3.8) is 0 Å². The molecule has 1 N–H and O–H groups in total. The highest BCUT2D eigenvalue weighted by Crippen LogP contribution is 2.28. The molecule has 0 aromatic heterocycles. The number of hydrazone groups is 1. The van der Waals surface area contributed by atoms with Gasteiger partial charge in [0, 0.05) is 0 Å². The fourth-order valence-corrected chi connectivity index (χ4v) is 3.36. The zero-order valence-electron chi connectivity index (χ0n) is 16.5. The van der Waals surface area contributed by atoms with Gasteiger partial charge in [-0.15, -0.1) is 0 Å². The third-order valence-electron chi connectivity index (χ3n) is 4.21. The topological polar surface area (TPSA) is 77.0 Å². The van der Waals surface area contributed by atoms with Gasteiger partial charge >= 0.3 is 0 Å². The van der Waals surface area contributed by atoms with Gasteiger partial charge in [0.25, 0.3) is 10.0 Å². The van der Waals surface area contributed by atoms with E-state index in [9.17, 15) is 12.8 Å². The van der Waals surface area contributed by atoms with Crippen LogP contribution in [0.3, 0.4) is 0 Å². The van der Waals surface area contributed by atoms with Crippen LogP contribution in [0.4, 0.5) is 4.39 Å². The number of ether oxygens (including phenoxy) is 2. The first-order valence-corrected chi connectivity index (χ1v) is 10.5. The number of nitrogens with one attached hydrogen (secondary N) is 1. The Kier molecular flexibility index (Phi) is 6.68. The zero-order chi connectivity index (χ0) is 21.6. The molecule has 156 valence electrons. The van der Waals surface area contributed by atoms with Crippen LogP contribution in [0.25, 0.3) is 0 Å². The molecule has 0 fully saturated rings. The molecule has 0 aliphatic heterocycles. The second kappa shape index (κ2) is 9.41. The zero-order valence-corrected chi connectivity index (χ0v) is 17.3. The fraction of sp³-hybridized carbons (Fsp3) is 0.136. The van der Waals surface area contributed by atoms with E-state index >= 15 is 0 Å². The highest BCUT2D eigenvalue weighted by Gasteiger charge is 2.12. The Balaban J connectivity index is 1.70. The van der Waals surface area contributed by atoms with Crippen molar-refractivity contribution in [1.29, 1.82) is 0 Å². The standard InChI is InChI=1S/C22H21FN2O4S/c1-16-3-5-17(6-4-16)15-29-22-13-18(7-12-21(22)28-2)14-24-25-30(26,27)20-10-8-19(23)9-11-20/h3-14,25H,15H2,1-2H3/b24-14+. The summed E-state index contributed by atoms with van der Waals surface area (Å²) in [5.41, 5.74) is 2.78. The molecule has 3 aromatic carbocycles. The Hall–Kier alpha value is -3.39. The van der Waals surface area contributed by atoms with Crippen molar-refractivity contribution in [2.75, 3.05) is 7.11 Å². The summed E-state index contributed by atoms with van der Waals surface area (Å²) in [5.74, 6) is 0.531. The molecule has 0 aliphatic rings. The first-order chi connectivity index (χ1) is 14.4. The van der Waals surface area contributed by atoms with Gasteiger partial charge in [-0.05, 0) is 60.5 Å². The van der Waals surface area contributed by atoms with Crippen LogP contribution in [-0.4, -0.2) is 21.7 Å². The van der Waals surface area contributed by atoms with Gasteiger partial charge in [-0.3, -0.25) is 0 Å². The second-order valence-electron chi connectivity index (χ2n) is 6.49. The van der Waals surface area contributed by atoms with E-state index in [1.807, 2.05) is 31.2 Å². The lowest BCUT2D eigenvalue weighted by molar-refractivity contribution is 0.284. The summed E-state index contributed by atoms with van der Waals surface area (Å²) in [6, 6.07) is 17.6. The Morgan fingerprint density at radius 1 is 1.00 bits per heavy atom. The van der Waals surface area contributed by atoms with Crippen molar-refractivity contribution in [2.45, 2.75) is 18.4 Å². The number of rotatable bonds is 8. The molecule has 8 heteroatoms. The van der Waals surface area contributed by atoms with E-state index in [2.05, 4.69) is 9.93 Å². The molecule has 0 unspecified atom stereocenters. The van der Waals surface area contributed by atoms with Crippen LogP contribution in [0.2, 0.25) is 0 Å². The normalized spacial score (nSPS) is 11.4. The van der Waals surface area contributed by atoms with Gasteiger partial charge in [0.2, 0.25) is 0 Å². The number of aryl methyl sites for hydroxylation is 1. The molecule has 0 radical (unpaired) electrons. The number of halogens is 1. The minimum absolute atomic E-state index is 0.0853. The maximum absolute atomic E-state index is 13.0. The minimum atomic E-state index is -3.89. The lowest BCUT2D eigenvalue weighted by atomic mass is 10.1. The predicted octanol–water partition coefficient (Wildman–Crippen LogP) is 4.03. The van der Waals surface area contributed by atoms with Gasteiger partial charge in [-0.2, -0.15) is 13.5 Å².